The molecule has 1 heterocycles. The van der Waals surface area contributed by atoms with Gasteiger partial charge in [0.15, 0.2) is 0 Å². The maximum Gasteiger partial charge on any atom is 0.212 e. The standard InChI is InChI=1S/C15H17BrN2O/c1-19-15-7-4-12(10-18-15)9-14(17)8-11-2-5-13(16)6-3-11/h2-7,10,14H,8-9,17H2,1H3. The zero-order chi connectivity index (χ0) is 13.7. The molecule has 0 aliphatic rings. The van der Waals surface area contributed by atoms with Gasteiger partial charge in [0.05, 0.1) is 7.11 Å². The van der Waals surface area contributed by atoms with Gasteiger partial charge >= 0.3 is 0 Å². The minimum Gasteiger partial charge on any atom is -0.481 e. The minimum atomic E-state index is 0.0939. The number of ether oxygens (including phenoxy) is 1. The lowest BCUT2D eigenvalue weighted by atomic mass is 10.0. The summed E-state index contributed by atoms with van der Waals surface area (Å²) in [6, 6.07) is 12.2. The average Bonchev–Trinajstić information content (AvgIpc) is 2.42. The largest absolute Gasteiger partial charge is 0.481 e. The Hall–Kier alpha value is -1.39. The van der Waals surface area contributed by atoms with Gasteiger partial charge in [-0.05, 0) is 36.1 Å². The van der Waals surface area contributed by atoms with E-state index in [-0.39, 0.29) is 6.04 Å². The summed E-state index contributed by atoms with van der Waals surface area (Å²) < 4.78 is 6.12. The smallest absolute Gasteiger partial charge is 0.212 e. The van der Waals surface area contributed by atoms with Crippen LogP contribution in [-0.2, 0) is 12.8 Å². The Balaban J connectivity index is 1.92. The van der Waals surface area contributed by atoms with E-state index in [2.05, 4.69) is 33.0 Å². The summed E-state index contributed by atoms with van der Waals surface area (Å²) >= 11 is 3.43. The first kappa shape index (κ1) is 14.0. The van der Waals surface area contributed by atoms with Crippen LogP contribution in [0.25, 0.3) is 0 Å². The first-order valence-electron chi connectivity index (χ1n) is 6.16. The van der Waals surface area contributed by atoms with Crippen LogP contribution in [0.1, 0.15) is 11.1 Å². The highest BCUT2D eigenvalue weighted by Gasteiger charge is 2.06. The summed E-state index contributed by atoms with van der Waals surface area (Å²) in [4.78, 5) is 4.18. The zero-order valence-corrected chi connectivity index (χ0v) is 12.4. The van der Waals surface area contributed by atoms with Crippen LogP contribution in [0.4, 0.5) is 0 Å². The maximum absolute atomic E-state index is 6.18. The fourth-order valence-electron chi connectivity index (χ4n) is 1.95. The fourth-order valence-corrected chi connectivity index (χ4v) is 2.21. The Morgan fingerprint density at radius 3 is 2.32 bits per heavy atom. The molecule has 0 aliphatic carbocycles. The molecule has 19 heavy (non-hydrogen) atoms. The second-order valence-corrected chi connectivity index (χ2v) is 5.42. The van der Waals surface area contributed by atoms with Crippen molar-refractivity contribution < 1.29 is 4.74 Å². The molecule has 4 heteroatoms. The third kappa shape index (κ3) is 4.33. The molecule has 0 aliphatic heterocycles. The number of pyridine rings is 1. The molecule has 1 aromatic carbocycles. The lowest BCUT2D eigenvalue weighted by Gasteiger charge is -2.12. The van der Waals surface area contributed by atoms with Crippen molar-refractivity contribution in [3.8, 4) is 5.88 Å². The van der Waals surface area contributed by atoms with Crippen LogP contribution in [0.5, 0.6) is 5.88 Å². The third-order valence-electron chi connectivity index (χ3n) is 2.92. The van der Waals surface area contributed by atoms with Crippen LogP contribution in [-0.4, -0.2) is 18.1 Å². The molecule has 100 valence electrons. The van der Waals surface area contributed by atoms with Gasteiger partial charge in [-0.15, -0.1) is 0 Å². The summed E-state index contributed by atoms with van der Waals surface area (Å²) in [6.45, 7) is 0. The summed E-state index contributed by atoms with van der Waals surface area (Å²) in [6.07, 6.45) is 3.49. The quantitative estimate of drug-likeness (QED) is 0.921. The summed E-state index contributed by atoms with van der Waals surface area (Å²) in [5.74, 6) is 0.630. The van der Waals surface area contributed by atoms with Crippen LogP contribution in [0, 0.1) is 0 Å². The summed E-state index contributed by atoms with van der Waals surface area (Å²) in [7, 11) is 1.61. The van der Waals surface area contributed by atoms with Gasteiger partial charge in [0.2, 0.25) is 5.88 Å². The SMILES string of the molecule is COc1ccc(CC(N)Cc2ccc(Br)cc2)cn1. The van der Waals surface area contributed by atoms with E-state index in [4.69, 9.17) is 10.5 Å². The number of halogens is 1. The molecule has 0 amide bonds. The molecule has 1 aromatic heterocycles. The van der Waals surface area contributed by atoms with Crippen molar-refractivity contribution in [3.05, 3.63) is 58.2 Å². The summed E-state index contributed by atoms with van der Waals surface area (Å²) in [5, 5.41) is 0. The van der Waals surface area contributed by atoms with E-state index >= 15 is 0 Å². The predicted octanol–water partition coefficient (Wildman–Crippen LogP) is 2.97. The lowest BCUT2D eigenvalue weighted by Crippen LogP contribution is -2.25. The third-order valence-corrected chi connectivity index (χ3v) is 3.44. The Kier molecular flexibility index (Phi) is 4.93. The van der Waals surface area contributed by atoms with E-state index in [1.54, 1.807) is 7.11 Å². The Bertz CT molecular complexity index is 511. The molecular formula is C15H17BrN2O. The molecule has 0 radical (unpaired) electrons. The van der Waals surface area contributed by atoms with Crippen LogP contribution in [0.2, 0.25) is 0 Å². The van der Waals surface area contributed by atoms with Gasteiger partial charge in [-0.2, -0.15) is 0 Å². The molecule has 3 nitrogen and oxygen atoms in total. The highest BCUT2D eigenvalue weighted by atomic mass is 79.9. The Morgan fingerprint density at radius 2 is 1.74 bits per heavy atom. The molecule has 0 saturated heterocycles. The van der Waals surface area contributed by atoms with E-state index in [0.717, 1.165) is 22.9 Å². The van der Waals surface area contributed by atoms with Crippen molar-refractivity contribution in [2.45, 2.75) is 18.9 Å². The van der Waals surface area contributed by atoms with Crippen molar-refractivity contribution in [1.29, 1.82) is 0 Å². The van der Waals surface area contributed by atoms with Crippen LogP contribution in [0.15, 0.2) is 47.1 Å². The monoisotopic (exact) mass is 320 g/mol. The number of aromatic nitrogens is 1. The molecule has 2 aromatic rings. The zero-order valence-electron chi connectivity index (χ0n) is 10.8. The highest BCUT2D eigenvalue weighted by molar-refractivity contribution is 9.10. The number of rotatable bonds is 5. The topological polar surface area (TPSA) is 48.1 Å². The van der Waals surface area contributed by atoms with Gasteiger partial charge in [-0.1, -0.05) is 34.1 Å². The molecule has 0 fully saturated rings. The average molecular weight is 321 g/mol. The number of hydrogen-bond donors (Lipinski definition) is 1. The van der Waals surface area contributed by atoms with Crippen LogP contribution < -0.4 is 10.5 Å². The molecule has 2 N–H and O–H groups in total. The Morgan fingerprint density at radius 1 is 1.11 bits per heavy atom. The Labute approximate surface area is 121 Å². The van der Waals surface area contributed by atoms with Crippen molar-refractivity contribution in [2.75, 3.05) is 7.11 Å². The van der Waals surface area contributed by atoms with E-state index in [1.165, 1.54) is 5.56 Å². The van der Waals surface area contributed by atoms with Gasteiger partial charge in [0.1, 0.15) is 0 Å². The second kappa shape index (κ2) is 6.68. The first-order valence-corrected chi connectivity index (χ1v) is 6.95. The van der Waals surface area contributed by atoms with E-state index in [0.29, 0.717) is 5.88 Å². The van der Waals surface area contributed by atoms with Crippen LogP contribution in [0.3, 0.4) is 0 Å². The lowest BCUT2D eigenvalue weighted by molar-refractivity contribution is 0.397. The number of methoxy groups -OCH3 is 1. The van der Waals surface area contributed by atoms with Gasteiger partial charge in [0.25, 0.3) is 0 Å². The van der Waals surface area contributed by atoms with Crippen molar-refractivity contribution >= 4 is 15.9 Å². The van der Waals surface area contributed by atoms with Gasteiger partial charge in [-0.25, -0.2) is 4.98 Å². The van der Waals surface area contributed by atoms with E-state index in [1.807, 2.05) is 30.5 Å². The van der Waals surface area contributed by atoms with E-state index < -0.39 is 0 Å². The molecule has 1 atom stereocenters. The fraction of sp³-hybridized carbons (Fsp3) is 0.267. The number of benzene rings is 1. The molecule has 0 saturated carbocycles. The first-order chi connectivity index (χ1) is 9.17. The van der Waals surface area contributed by atoms with Crippen molar-refractivity contribution in [3.63, 3.8) is 0 Å². The number of nitrogens with two attached hydrogens (primary N) is 1. The second-order valence-electron chi connectivity index (χ2n) is 4.50. The minimum absolute atomic E-state index is 0.0939. The maximum atomic E-state index is 6.18. The van der Waals surface area contributed by atoms with E-state index in [9.17, 15) is 0 Å². The molecular weight excluding hydrogens is 304 g/mol. The van der Waals surface area contributed by atoms with Crippen molar-refractivity contribution in [2.24, 2.45) is 5.73 Å². The van der Waals surface area contributed by atoms with Gasteiger partial charge in [-0.3, -0.25) is 0 Å². The molecule has 1 unspecified atom stereocenters. The molecule has 0 spiro atoms. The number of nitrogens with zero attached hydrogens (tertiary/aromatic N) is 1. The predicted molar refractivity (Wildman–Crippen MR) is 80.3 cm³/mol. The van der Waals surface area contributed by atoms with Gasteiger partial charge < -0.3 is 10.5 Å². The normalized spacial score (nSPS) is 12.2. The summed E-state index contributed by atoms with van der Waals surface area (Å²) in [5.41, 5.74) is 8.55. The highest BCUT2D eigenvalue weighted by Crippen LogP contribution is 2.13. The number of hydrogen-bond acceptors (Lipinski definition) is 3. The van der Waals surface area contributed by atoms with Crippen LogP contribution >= 0.6 is 15.9 Å². The van der Waals surface area contributed by atoms with Gasteiger partial charge in [0, 0.05) is 22.8 Å². The molecule has 0 bridgehead atoms. The molecule has 2 rings (SSSR count). The van der Waals surface area contributed by atoms with Crippen molar-refractivity contribution in [1.82, 2.24) is 4.98 Å².